The first-order valence-electron chi connectivity index (χ1n) is 14.8. The van der Waals surface area contributed by atoms with Crippen molar-refractivity contribution in [2.45, 2.75) is 57.1 Å². The fourth-order valence-electron chi connectivity index (χ4n) is 4.92. The maximum Gasteiger partial charge on any atom is 0.264 e. The summed E-state index contributed by atoms with van der Waals surface area (Å²) in [6.45, 7) is 5.02. The van der Waals surface area contributed by atoms with Crippen LogP contribution in [-0.4, -0.2) is 43.8 Å². The van der Waals surface area contributed by atoms with Crippen LogP contribution >= 0.6 is 34.8 Å². The molecule has 242 valence electrons. The Morgan fingerprint density at radius 1 is 0.826 bits per heavy atom. The molecular formula is C35H36Cl3N3O4S. The quantitative estimate of drug-likeness (QED) is 0.155. The predicted molar refractivity (Wildman–Crippen MR) is 186 cm³/mol. The van der Waals surface area contributed by atoms with Gasteiger partial charge in [-0.2, -0.15) is 0 Å². The molecule has 2 unspecified atom stereocenters. The summed E-state index contributed by atoms with van der Waals surface area (Å²) in [5.74, 6) is -0.929. The van der Waals surface area contributed by atoms with Crippen LogP contribution in [0.25, 0.3) is 0 Å². The van der Waals surface area contributed by atoms with Crippen molar-refractivity contribution >= 4 is 62.3 Å². The van der Waals surface area contributed by atoms with E-state index in [2.05, 4.69) is 5.32 Å². The number of para-hydroxylation sites is 1. The van der Waals surface area contributed by atoms with E-state index < -0.39 is 28.5 Å². The number of nitrogens with zero attached hydrogens (tertiary/aromatic N) is 2. The molecule has 1 N–H and O–H groups in total. The van der Waals surface area contributed by atoms with E-state index in [4.69, 9.17) is 34.8 Å². The zero-order chi connectivity index (χ0) is 33.4. The summed E-state index contributed by atoms with van der Waals surface area (Å²) >= 11 is 18.6. The second-order valence-electron chi connectivity index (χ2n) is 11.0. The Balaban J connectivity index is 1.83. The zero-order valence-corrected chi connectivity index (χ0v) is 28.9. The first-order valence-corrected chi connectivity index (χ1v) is 17.4. The van der Waals surface area contributed by atoms with Crippen molar-refractivity contribution in [3.05, 3.63) is 129 Å². The maximum atomic E-state index is 14.6. The molecule has 4 aromatic carbocycles. The molecular weight excluding hydrogens is 665 g/mol. The Hall–Kier alpha value is -3.56. The highest BCUT2D eigenvalue weighted by Gasteiger charge is 2.35. The van der Waals surface area contributed by atoms with Crippen molar-refractivity contribution in [1.29, 1.82) is 0 Å². The average molecular weight is 701 g/mol. The minimum Gasteiger partial charge on any atom is -0.352 e. The number of anilines is 1. The number of hydrogen-bond acceptors (Lipinski definition) is 4. The number of sulfonamides is 1. The van der Waals surface area contributed by atoms with Crippen molar-refractivity contribution in [3.63, 3.8) is 0 Å². The zero-order valence-electron chi connectivity index (χ0n) is 25.8. The van der Waals surface area contributed by atoms with Gasteiger partial charge in [0.05, 0.1) is 20.6 Å². The number of amides is 2. The summed E-state index contributed by atoms with van der Waals surface area (Å²) in [5.41, 5.74) is 2.45. The fraction of sp³-hybridized carbons (Fsp3) is 0.257. The van der Waals surface area contributed by atoms with Crippen molar-refractivity contribution in [2.75, 3.05) is 10.8 Å². The highest BCUT2D eigenvalue weighted by Crippen LogP contribution is 2.29. The van der Waals surface area contributed by atoms with Crippen molar-refractivity contribution < 1.29 is 18.0 Å². The molecule has 46 heavy (non-hydrogen) atoms. The van der Waals surface area contributed by atoms with Crippen molar-refractivity contribution in [2.24, 2.45) is 0 Å². The molecule has 0 saturated carbocycles. The van der Waals surface area contributed by atoms with E-state index in [1.54, 1.807) is 49.4 Å². The van der Waals surface area contributed by atoms with Crippen molar-refractivity contribution in [1.82, 2.24) is 10.2 Å². The second kappa shape index (κ2) is 15.8. The highest BCUT2D eigenvalue weighted by molar-refractivity contribution is 7.92. The molecule has 0 heterocycles. The third-order valence-corrected chi connectivity index (χ3v) is 10.4. The number of carbonyl (C=O) groups is 2. The van der Waals surface area contributed by atoms with Crippen LogP contribution in [0.3, 0.4) is 0 Å². The molecule has 0 saturated heterocycles. The maximum absolute atomic E-state index is 14.6. The van der Waals surface area contributed by atoms with Gasteiger partial charge < -0.3 is 10.2 Å². The molecule has 0 bridgehead atoms. The van der Waals surface area contributed by atoms with Gasteiger partial charge in [-0.15, -0.1) is 0 Å². The molecule has 0 aromatic heterocycles. The number of hydrogen-bond donors (Lipinski definition) is 1. The number of benzene rings is 4. The molecule has 11 heteroatoms. The summed E-state index contributed by atoms with van der Waals surface area (Å²) in [6.07, 6.45) is 0.884. The summed E-state index contributed by atoms with van der Waals surface area (Å²) in [7, 11) is -4.25. The van der Waals surface area contributed by atoms with Crippen LogP contribution in [0.4, 0.5) is 5.69 Å². The van der Waals surface area contributed by atoms with E-state index in [-0.39, 0.29) is 29.8 Å². The minimum atomic E-state index is -4.25. The van der Waals surface area contributed by atoms with Gasteiger partial charge in [0.1, 0.15) is 12.6 Å². The van der Waals surface area contributed by atoms with E-state index in [0.29, 0.717) is 38.3 Å². The lowest BCUT2D eigenvalue weighted by Crippen LogP contribution is -2.54. The first kappa shape index (κ1) is 35.3. The van der Waals surface area contributed by atoms with Crippen LogP contribution < -0.4 is 9.62 Å². The molecule has 0 aliphatic carbocycles. The molecule has 2 amide bonds. The molecule has 4 aromatic rings. The van der Waals surface area contributed by atoms with Crippen LogP contribution in [0, 0.1) is 6.92 Å². The van der Waals surface area contributed by atoms with E-state index in [1.165, 1.54) is 29.2 Å². The van der Waals surface area contributed by atoms with Gasteiger partial charge in [0.2, 0.25) is 11.8 Å². The number of rotatable bonds is 13. The first-order chi connectivity index (χ1) is 21.9. The lowest BCUT2D eigenvalue weighted by Gasteiger charge is -2.34. The van der Waals surface area contributed by atoms with Gasteiger partial charge in [-0.3, -0.25) is 13.9 Å². The molecule has 2 atom stereocenters. The van der Waals surface area contributed by atoms with Gasteiger partial charge in [0, 0.05) is 24.0 Å². The molecule has 0 spiro atoms. The molecule has 0 aliphatic heterocycles. The van der Waals surface area contributed by atoms with Crippen molar-refractivity contribution in [3.8, 4) is 0 Å². The van der Waals surface area contributed by atoms with Gasteiger partial charge in [0.15, 0.2) is 0 Å². The lowest BCUT2D eigenvalue weighted by molar-refractivity contribution is -0.140. The number of aryl methyl sites for hydroxylation is 1. The van der Waals surface area contributed by atoms with Gasteiger partial charge in [-0.25, -0.2) is 8.42 Å². The van der Waals surface area contributed by atoms with Gasteiger partial charge in [-0.1, -0.05) is 96.3 Å². The predicted octanol–water partition coefficient (Wildman–Crippen LogP) is 7.71. The Kier molecular flexibility index (Phi) is 12.1. The van der Waals surface area contributed by atoms with E-state index >= 15 is 0 Å². The number of halogens is 3. The van der Waals surface area contributed by atoms with Crippen LogP contribution in [0.2, 0.25) is 15.1 Å². The third-order valence-electron chi connectivity index (χ3n) is 7.67. The summed E-state index contributed by atoms with van der Waals surface area (Å²) in [6, 6.07) is 25.9. The van der Waals surface area contributed by atoms with Crippen LogP contribution in [0.15, 0.2) is 102 Å². The number of carbonyl (C=O) groups excluding carboxylic acids is 2. The number of nitrogens with one attached hydrogen (secondary N) is 1. The van der Waals surface area contributed by atoms with E-state index in [9.17, 15) is 18.0 Å². The SMILES string of the molecule is CCC(C)NC(=O)C(Cc1ccccc1)N(Cc1ccc(Cl)c(Cl)c1)C(=O)CN(c1ccccc1C)S(=O)(=O)c1ccc(Cl)cc1. The molecule has 7 nitrogen and oxygen atoms in total. The van der Waals surface area contributed by atoms with E-state index in [1.807, 2.05) is 44.2 Å². The summed E-state index contributed by atoms with van der Waals surface area (Å²) in [5, 5.41) is 4.04. The summed E-state index contributed by atoms with van der Waals surface area (Å²) in [4.78, 5) is 29.9. The Morgan fingerprint density at radius 2 is 1.48 bits per heavy atom. The normalized spacial score (nSPS) is 12.7. The van der Waals surface area contributed by atoms with Crippen LogP contribution in [0.1, 0.15) is 37.0 Å². The molecule has 4 rings (SSSR count). The van der Waals surface area contributed by atoms with Gasteiger partial charge in [0.25, 0.3) is 10.0 Å². The van der Waals surface area contributed by atoms with Gasteiger partial charge in [-0.05, 0) is 79.4 Å². The standard InChI is InChI=1S/C35H36Cl3N3O4S/c1-4-25(3)39-35(43)33(21-26-11-6-5-7-12-26)40(22-27-14-19-30(37)31(38)20-27)34(42)23-41(32-13-9-8-10-24(32)2)46(44,45)29-17-15-28(36)16-18-29/h5-20,25,33H,4,21-23H2,1-3H3,(H,39,43). The highest BCUT2D eigenvalue weighted by atomic mass is 35.5. The Morgan fingerprint density at radius 3 is 2.11 bits per heavy atom. The Labute approximate surface area is 286 Å². The lowest BCUT2D eigenvalue weighted by atomic mass is 10.0. The molecule has 0 radical (unpaired) electrons. The average Bonchev–Trinajstić information content (AvgIpc) is 3.04. The molecule has 0 fully saturated rings. The second-order valence-corrected chi connectivity index (χ2v) is 14.2. The smallest absolute Gasteiger partial charge is 0.264 e. The van der Waals surface area contributed by atoms with E-state index in [0.717, 1.165) is 9.87 Å². The van der Waals surface area contributed by atoms with Gasteiger partial charge >= 0.3 is 0 Å². The van der Waals surface area contributed by atoms with Crippen LogP contribution in [-0.2, 0) is 32.6 Å². The third kappa shape index (κ3) is 8.82. The fourth-order valence-corrected chi connectivity index (χ4v) is 6.85. The summed E-state index contributed by atoms with van der Waals surface area (Å²) < 4.78 is 29.4. The van der Waals surface area contributed by atoms with Crippen LogP contribution in [0.5, 0.6) is 0 Å². The topological polar surface area (TPSA) is 86.8 Å². The monoisotopic (exact) mass is 699 g/mol. The molecule has 0 aliphatic rings. The largest absolute Gasteiger partial charge is 0.352 e. The minimum absolute atomic E-state index is 0.0241. The Bertz CT molecular complexity index is 1770.